The van der Waals surface area contributed by atoms with Gasteiger partial charge in [-0.25, -0.2) is 14.6 Å². The highest BCUT2D eigenvalue weighted by atomic mass is 79.9. The molecule has 1 heterocycles. The third-order valence-electron chi connectivity index (χ3n) is 7.55. The molecule has 7 nitrogen and oxygen atoms in total. The lowest BCUT2D eigenvalue weighted by Gasteiger charge is -2.34. The van der Waals surface area contributed by atoms with Crippen LogP contribution in [0.2, 0.25) is 10.0 Å². The van der Waals surface area contributed by atoms with Gasteiger partial charge in [0, 0.05) is 21.0 Å². The Labute approximate surface area is 290 Å². The molecule has 4 amide bonds. The van der Waals surface area contributed by atoms with Gasteiger partial charge in [0.15, 0.2) is 11.5 Å². The number of aryl methyl sites for hydroxylation is 1. The number of amides is 4. The van der Waals surface area contributed by atoms with E-state index in [0.717, 1.165) is 26.3 Å². The zero-order valence-electron chi connectivity index (χ0n) is 25.3. The Morgan fingerprint density at radius 2 is 1.55 bits per heavy atom. The van der Waals surface area contributed by atoms with Gasteiger partial charge < -0.3 is 9.47 Å². The summed E-state index contributed by atoms with van der Waals surface area (Å²) in [5.41, 5.74) is 2.58. The summed E-state index contributed by atoms with van der Waals surface area (Å²) in [6.07, 6.45) is 1.46. The van der Waals surface area contributed by atoms with Crippen LogP contribution in [0.15, 0.2) is 107 Å². The van der Waals surface area contributed by atoms with Crippen molar-refractivity contribution < 1.29 is 23.9 Å². The van der Waals surface area contributed by atoms with Gasteiger partial charge in [-0.1, -0.05) is 77.8 Å². The summed E-state index contributed by atoms with van der Waals surface area (Å²) in [4.78, 5) is 44.5. The molecule has 1 aliphatic rings. The highest BCUT2D eigenvalue weighted by Gasteiger charge is 2.44. The number of nitrogens with zero attached hydrogens (tertiary/aromatic N) is 2. The van der Waals surface area contributed by atoms with Gasteiger partial charge >= 0.3 is 6.03 Å². The quantitative estimate of drug-likeness (QED) is 0.117. The van der Waals surface area contributed by atoms with Crippen LogP contribution in [-0.4, -0.2) is 24.5 Å². The van der Waals surface area contributed by atoms with E-state index in [2.05, 4.69) is 15.9 Å². The summed E-state index contributed by atoms with van der Waals surface area (Å²) >= 11 is 16.0. The number of carbonyl (C=O) groups excluding carboxylic acids is 3. The Balaban J connectivity index is 1.45. The molecule has 0 aromatic heterocycles. The second-order valence-electron chi connectivity index (χ2n) is 10.7. The molecule has 0 radical (unpaired) electrons. The minimum absolute atomic E-state index is 0.139. The predicted molar refractivity (Wildman–Crippen MR) is 190 cm³/mol. The number of barbiturate groups is 1. The van der Waals surface area contributed by atoms with E-state index in [1.54, 1.807) is 60.7 Å². The van der Waals surface area contributed by atoms with Gasteiger partial charge in [-0.05, 0) is 94.8 Å². The van der Waals surface area contributed by atoms with E-state index >= 15 is 0 Å². The molecule has 47 heavy (non-hydrogen) atoms. The molecule has 10 heteroatoms. The normalized spacial score (nSPS) is 14.3. The van der Waals surface area contributed by atoms with Gasteiger partial charge in [0.25, 0.3) is 11.8 Å². The fraction of sp³-hybridized carbons (Fsp3) is 0.108. The lowest BCUT2D eigenvalue weighted by molar-refractivity contribution is -0.121. The third kappa shape index (κ3) is 6.49. The van der Waals surface area contributed by atoms with Crippen molar-refractivity contribution >= 4 is 85.2 Å². The van der Waals surface area contributed by atoms with Crippen LogP contribution in [0.25, 0.3) is 16.8 Å². The van der Waals surface area contributed by atoms with E-state index in [4.69, 9.17) is 32.7 Å². The van der Waals surface area contributed by atoms with E-state index in [1.165, 1.54) is 6.08 Å². The van der Waals surface area contributed by atoms with Crippen LogP contribution in [0.3, 0.4) is 0 Å². The first-order chi connectivity index (χ1) is 22.7. The molecule has 6 rings (SSSR count). The van der Waals surface area contributed by atoms with E-state index in [9.17, 15) is 14.4 Å². The smallest absolute Gasteiger partial charge is 0.343 e. The maximum absolute atomic E-state index is 14.2. The number of hydrogen-bond donors (Lipinski definition) is 0. The maximum atomic E-state index is 14.2. The van der Waals surface area contributed by atoms with Crippen LogP contribution in [0, 0.1) is 6.92 Å². The number of carbonyl (C=O) groups is 3. The summed E-state index contributed by atoms with van der Waals surface area (Å²) in [5, 5.41) is 2.51. The second kappa shape index (κ2) is 13.6. The molecule has 1 fully saturated rings. The lowest BCUT2D eigenvalue weighted by Crippen LogP contribution is -2.57. The van der Waals surface area contributed by atoms with Crippen LogP contribution in [0.5, 0.6) is 11.5 Å². The number of halogens is 3. The molecule has 0 atom stereocenters. The number of imide groups is 2. The molecule has 5 aromatic carbocycles. The van der Waals surface area contributed by atoms with E-state index in [1.807, 2.05) is 50.2 Å². The van der Waals surface area contributed by atoms with Crippen molar-refractivity contribution in [3.63, 3.8) is 0 Å². The standard InChI is InChI=1S/C37H27BrCl2N2O5/c1-3-46-33-19-23(18-30(38)34(33)47-21-25-14-15-26(39)20-31(25)40)17-29-35(43)41(27-11-6-8-22(2)16-27)37(45)42(36(29)44)32-13-7-10-24-9-4-5-12-28(24)32/h4-20H,3,21H2,1-2H3/b29-17+. The molecule has 1 aliphatic heterocycles. The number of rotatable bonds is 8. The van der Waals surface area contributed by atoms with Crippen molar-refractivity contribution in [1.29, 1.82) is 0 Å². The van der Waals surface area contributed by atoms with Gasteiger partial charge in [-0.15, -0.1) is 0 Å². The molecular weight excluding hydrogens is 703 g/mol. The van der Waals surface area contributed by atoms with Crippen molar-refractivity contribution in [2.45, 2.75) is 20.5 Å². The fourth-order valence-corrected chi connectivity index (χ4v) is 6.41. The monoisotopic (exact) mass is 728 g/mol. The average molecular weight is 730 g/mol. The largest absolute Gasteiger partial charge is 0.490 e. The number of anilines is 2. The first kappa shape index (κ1) is 32.3. The average Bonchev–Trinajstić information content (AvgIpc) is 3.04. The van der Waals surface area contributed by atoms with Crippen LogP contribution < -0.4 is 19.3 Å². The molecule has 0 spiro atoms. The van der Waals surface area contributed by atoms with Gasteiger partial charge in [-0.3, -0.25) is 9.59 Å². The molecule has 0 N–H and O–H groups in total. The molecule has 0 aliphatic carbocycles. The lowest BCUT2D eigenvalue weighted by atomic mass is 10.0. The predicted octanol–water partition coefficient (Wildman–Crippen LogP) is 9.78. The molecule has 5 aromatic rings. The summed E-state index contributed by atoms with van der Waals surface area (Å²) < 4.78 is 12.6. The first-order valence-electron chi connectivity index (χ1n) is 14.7. The van der Waals surface area contributed by atoms with E-state index in [-0.39, 0.29) is 12.2 Å². The number of ether oxygens (including phenoxy) is 2. The Kier molecular flexibility index (Phi) is 9.36. The summed E-state index contributed by atoms with van der Waals surface area (Å²) in [5.74, 6) is -0.691. The number of benzene rings is 5. The van der Waals surface area contributed by atoms with E-state index < -0.39 is 17.8 Å². The summed E-state index contributed by atoms with van der Waals surface area (Å²) in [6.45, 7) is 4.16. The Morgan fingerprint density at radius 3 is 2.32 bits per heavy atom. The Morgan fingerprint density at radius 1 is 0.809 bits per heavy atom. The summed E-state index contributed by atoms with van der Waals surface area (Å²) in [6, 6.07) is 27.6. The van der Waals surface area contributed by atoms with Gasteiger partial charge in [0.1, 0.15) is 12.2 Å². The summed E-state index contributed by atoms with van der Waals surface area (Å²) in [7, 11) is 0. The highest BCUT2D eigenvalue weighted by Crippen LogP contribution is 2.40. The number of hydrogen-bond acceptors (Lipinski definition) is 5. The van der Waals surface area contributed by atoms with Crippen LogP contribution in [0.1, 0.15) is 23.6 Å². The van der Waals surface area contributed by atoms with Gasteiger partial charge in [0.2, 0.25) is 0 Å². The molecular formula is C37H27BrCl2N2O5. The SMILES string of the molecule is CCOc1cc(/C=C2\C(=O)N(c3cccc(C)c3)C(=O)N(c3cccc4ccccc34)C2=O)cc(Br)c1OCc1ccc(Cl)cc1Cl. The maximum Gasteiger partial charge on any atom is 0.343 e. The highest BCUT2D eigenvalue weighted by molar-refractivity contribution is 9.10. The Hall–Kier alpha value is -4.63. The van der Waals surface area contributed by atoms with Gasteiger partial charge in [-0.2, -0.15) is 0 Å². The third-order valence-corrected chi connectivity index (χ3v) is 8.72. The molecule has 0 unspecified atom stereocenters. The molecule has 0 saturated carbocycles. The topological polar surface area (TPSA) is 76.2 Å². The molecule has 0 bridgehead atoms. The minimum atomic E-state index is -0.764. The number of urea groups is 1. The zero-order valence-corrected chi connectivity index (χ0v) is 28.4. The Bertz CT molecular complexity index is 2090. The van der Waals surface area contributed by atoms with Gasteiger partial charge in [0.05, 0.1) is 22.5 Å². The molecule has 1 saturated heterocycles. The van der Waals surface area contributed by atoms with Crippen molar-refractivity contribution in [2.24, 2.45) is 0 Å². The van der Waals surface area contributed by atoms with Crippen molar-refractivity contribution in [3.05, 3.63) is 134 Å². The van der Waals surface area contributed by atoms with Crippen LogP contribution in [-0.2, 0) is 16.2 Å². The second-order valence-corrected chi connectivity index (χ2v) is 12.4. The van der Waals surface area contributed by atoms with Crippen LogP contribution in [0.4, 0.5) is 16.2 Å². The van der Waals surface area contributed by atoms with Crippen LogP contribution >= 0.6 is 39.1 Å². The number of fused-ring (bicyclic) bond motifs is 1. The molecule has 236 valence electrons. The van der Waals surface area contributed by atoms with Crippen molar-refractivity contribution in [1.82, 2.24) is 0 Å². The van der Waals surface area contributed by atoms with E-state index in [0.29, 0.717) is 54.9 Å². The van der Waals surface area contributed by atoms with Crippen molar-refractivity contribution in [3.8, 4) is 11.5 Å². The first-order valence-corrected chi connectivity index (χ1v) is 16.2. The van der Waals surface area contributed by atoms with Crippen molar-refractivity contribution in [2.75, 3.05) is 16.4 Å². The zero-order chi connectivity index (χ0) is 33.2. The minimum Gasteiger partial charge on any atom is -0.490 e. The fourth-order valence-electron chi connectivity index (χ4n) is 5.37.